The van der Waals surface area contributed by atoms with Gasteiger partial charge >= 0.3 is 12.1 Å². The molecule has 0 aliphatic carbocycles. The fourth-order valence-corrected chi connectivity index (χ4v) is 4.96. The summed E-state index contributed by atoms with van der Waals surface area (Å²) in [6, 6.07) is 6.71. The number of aromatic nitrogens is 5. The molecule has 0 radical (unpaired) electrons. The van der Waals surface area contributed by atoms with Crippen LogP contribution in [0.4, 0.5) is 19.1 Å². The van der Waals surface area contributed by atoms with E-state index < -0.39 is 17.7 Å². The molecule has 0 amide bonds. The van der Waals surface area contributed by atoms with Gasteiger partial charge in [-0.25, -0.2) is 24.4 Å². The number of halogens is 3. The second kappa shape index (κ2) is 11.4. The van der Waals surface area contributed by atoms with Crippen molar-refractivity contribution in [3.05, 3.63) is 59.7 Å². The minimum atomic E-state index is -4.54. The van der Waals surface area contributed by atoms with Crippen molar-refractivity contribution in [3.63, 3.8) is 0 Å². The molecule has 216 valence electrons. The first-order valence-corrected chi connectivity index (χ1v) is 13.5. The van der Waals surface area contributed by atoms with Crippen molar-refractivity contribution in [2.45, 2.75) is 51.7 Å². The highest BCUT2D eigenvalue weighted by molar-refractivity contribution is 6.00. The maximum absolute atomic E-state index is 13.5. The Kier molecular flexibility index (Phi) is 7.94. The number of alkyl halides is 3. The van der Waals surface area contributed by atoms with Gasteiger partial charge in [-0.2, -0.15) is 18.3 Å². The third-order valence-corrected chi connectivity index (χ3v) is 7.12. The first-order chi connectivity index (χ1) is 19.6. The predicted octanol–water partition coefficient (Wildman–Crippen LogP) is 5.81. The fraction of sp³-hybridized carbons (Fsp3) is 0.414. The highest BCUT2D eigenvalue weighted by atomic mass is 19.4. The summed E-state index contributed by atoms with van der Waals surface area (Å²) < 4.78 is 52.7. The first kappa shape index (κ1) is 28.5. The zero-order chi connectivity index (χ0) is 29.3. The maximum Gasteiger partial charge on any atom is 0.416 e. The zero-order valence-corrected chi connectivity index (χ0v) is 23.3. The van der Waals surface area contributed by atoms with Crippen molar-refractivity contribution in [3.8, 4) is 16.8 Å². The van der Waals surface area contributed by atoms with E-state index in [4.69, 9.17) is 14.6 Å². The number of anilines is 1. The summed E-state index contributed by atoms with van der Waals surface area (Å²) in [5, 5.41) is 5.29. The molecule has 1 aliphatic rings. The van der Waals surface area contributed by atoms with Gasteiger partial charge in [0.1, 0.15) is 0 Å². The van der Waals surface area contributed by atoms with Crippen molar-refractivity contribution in [1.82, 2.24) is 24.7 Å². The van der Waals surface area contributed by atoms with Crippen molar-refractivity contribution in [2.24, 2.45) is 0 Å². The molecule has 1 aromatic carbocycles. The Morgan fingerprint density at radius 3 is 2.51 bits per heavy atom. The summed E-state index contributed by atoms with van der Waals surface area (Å²) in [5.41, 5.74) is 1.39. The molecule has 41 heavy (non-hydrogen) atoms. The van der Waals surface area contributed by atoms with Gasteiger partial charge in [-0.1, -0.05) is 19.9 Å². The van der Waals surface area contributed by atoms with E-state index in [-0.39, 0.29) is 35.6 Å². The Hall–Kier alpha value is -4.06. The number of nitrogens with zero attached hydrogens (tertiary/aromatic N) is 6. The minimum absolute atomic E-state index is 0.00109. The molecule has 0 spiro atoms. The van der Waals surface area contributed by atoms with E-state index in [1.807, 2.05) is 25.8 Å². The molecule has 4 aromatic rings. The van der Waals surface area contributed by atoms with Gasteiger partial charge < -0.3 is 14.4 Å². The SMILES string of the molecule is CCOC(=O)c1cc(-c2cnc(N(C)C3CCOCC3)nc2)c2c(C(C)C)nn(-c3cccc(C(F)(F)F)c3)c2n1. The molecule has 5 rings (SSSR count). The number of carbonyl (C=O) groups excluding carboxylic acids is 1. The van der Waals surface area contributed by atoms with Crippen LogP contribution in [0.25, 0.3) is 27.8 Å². The molecule has 0 unspecified atom stereocenters. The molecule has 12 heteroatoms. The summed E-state index contributed by atoms with van der Waals surface area (Å²) in [5.74, 6) is -0.214. The molecule has 9 nitrogen and oxygen atoms in total. The van der Waals surface area contributed by atoms with E-state index >= 15 is 0 Å². The molecule has 0 atom stereocenters. The van der Waals surface area contributed by atoms with Crippen LogP contribution in [-0.4, -0.2) is 63.6 Å². The van der Waals surface area contributed by atoms with Crippen molar-refractivity contribution < 1.29 is 27.4 Å². The van der Waals surface area contributed by atoms with Crippen molar-refractivity contribution >= 4 is 23.0 Å². The molecule has 3 aromatic heterocycles. The van der Waals surface area contributed by atoms with Crippen LogP contribution in [0.5, 0.6) is 0 Å². The Bertz CT molecular complexity index is 1550. The maximum atomic E-state index is 13.5. The Balaban J connectivity index is 1.68. The van der Waals surface area contributed by atoms with Crippen LogP contribution in [0.3, 0.4) is 0 Å². The van der Waals surface area contributed by atoms with Crippen LogP contribution in [0.1, 0.15) is 61.3 Å². The summed E-state index contributed by atoms with van der Waals surface area (Å²) >= 11 is 0. The van der Waals surface area contributed by atoms with E-state index in [0.717, 1.165) is 25.0 Å². The molecule has 0 saturated carbocycles. The van der Waals surface area contributed by atoms with Gasteiger partial charge in [-0.3, -0.25) is 0 Å². The van der Waals surface area contributed by atoms with Gasteiger partial charge in [0.05, 0.1) is 28.9 Å². The lowest BCUT2D eigenvalue weighted by Gasteiger charge is -2.31. The quantitative estimate of drug-likeness (QED) is 0.258. The number of pyridine rings is 1. The number of fused-ring (bicyclic) bond motifs is 1. The molecule has 1 fully saturated rings. The monoisotopic (exact) mass is 568 g/mol. The Morgan fingerprint density at radius 2 is 1.88 bits per heavy atom. The summed E-state index contributed by atoms with van der Waals surface area (Å²) in [7, 11) is 1.95. The van der Waals surface area contributed by atoms with Crippen molar-refractivity contribution in [1.29, 1.82) is 0 Å². The standard InChI is InChI=1S/C29H31F3N6O3/c1-5-41-27(39)23-14-22(18-15-33-28(34-16-18)37(4)20-9-11-40-12-10-20)24-25(17(2)3)36-38(26(24)35-23)21-8-6-7-19(13-21)29(30,31)32/h6-8,13-17,20H,5,9-12H2,1-4H3. The highest BCUT2D eigenvalue weighted by Crippen LogP contribution is 2.37. The molecule has 4 heterocycles. The molecular weight excluding hydrogens is 537 g/mol. The largest absolute Gasteiger partial charge is 0.461 e. The number of hydrogen-bond donors (Lipinski definition) is 0. The molecule has 1 saturated heterocycles. The van der Waals surface area contributed by atoms with Gasteiger partial charge in [0.25, 0.3) is 0 Å². The Morgan fingerprint density at radius 1 is 1.17 bits per heavy atom. The second-order valence-electron chi connectivity index (χ2n) is 10.2. The topological polar surface area (TPSA) is 95.3 Å². The first-order valence-electron chi connectivity index (χ1n) is 13.5. The molecule has 0 bridgehead atoms. The number of rotatable bonds is 7. The highest BCUT2D eigenvalue weighted by Gasteiger charge is 2.31. The normalized spacial score (nSPS) is 14.5. The van der Waals surface area contributed by atoms with Gasteiger partial charge in [0.15, 0.2) is 11.3 Å². The lowest BCUT2D eigenvalue weighted by Crippen LogP contribution is -2.37. The van der Waals surface area contributed by atoms with Gasteiger partial charge in [-0.05, 0) is 49.9 Å². The van der Waals surface area contributed by atoms with Crippen LogP contribution >= 0.6 is 0 Å². The van der Waals surface area contributed by atoms with E-state index in [1.54, 1.807) is 25.4 Å². The number of benzene rings is 1. The van der Waals surface area contributed by atoms with E-state index in [1.165, 1.54) is 16.8 Å². The number of carbonyl (C=O) groups is 1. The summed E-state index contributed by atoms with van der Waals surface area (Å²) in [4.78, 5) is 28.6. The fourth-order valence-electron chi connectivity index (χ4n) is 4.96. The van der Waals surface area contributed by atoms with Gasteiger partial charge in [0.2, 0.25) is 5.95 Å². The molecule has 1 aliphatic heterocycles. The van der Waals surface area contributed by atoms with Gasteiger partial charge in [0, 0.05) is 49.8 Å². The lowest BCUT2D eigenvalue weighted by atomic mass is 9.99. The molecular formula is C29H31F3N6O3. The number of esters is 1. The van der Waals surface area contributed by atoms with Crippen LogP contribution in [0, 0.1) is 0 Å². The Labute approximate surface area is 235 Å². The average Bonchev–Trinajstić information content (AvgIpc) is 3.37. The van der Waals surface area contributed by atoms with Crippen LogP contribution in [-0.2, 0) is 15.7 Å². The van der Waals surface area contributed by atoms with Gasteiger partial charge in [-0.15, -0.1) is 0 Å². The predicted molar refractivity (Wildman–Crippen MR) is 147 cm³/mol. The summed E-state index contributed by atoms with van der Waals surface area (Å²) in [6.07, 6.45) is 0.566. The molecule has 0 N–H and O–H groups in total. The number of hydrogen-bond acceptors (Lipinski definition) is 8. The zero-order valence-electron chi connectivity index (χ0n) is 23.3. The van der Waals surface area contributed by atoms with E-state index in [9.17, 15) is 18.0 Å². The number of ether oxygens (including phenoxy) is 2. The smallest absolute Gasteiger partial charge is 0.416 e. The van der Waals surface area contributed by atoms with Crippen molar-refractivity contribution in [2.75, 3.05) is 31.8 Å². The van der Waals surface area contributed by atoms with E-state index in [0.29, 0.717) is 41.4 Å². The lowest BCUT2D eigenvalue weighted by molar-refractivity contribution is -0.137. The second-order valence-corrected chi connectivity index (χ2v) is 10.2. The summed E-state index contributed by atoms with van der Waals surface area (Å²) in [6.45, 7) is 7.06. The minimum Gasteiger partial charge on any atom is -0.461 e. The third kappa shape index (κ3) is 5.74. The third-order valence-electron chi connectivity index (χ3n) is 7.12. The van der Waals surface area contributed by atoms with Crippen LogP contribution in [0.2, 0.25) is 0 Å². The average molecular weight is 569 g/mol. The van der Waals surface area contributed by atoms with Crippen LogP contribution < -0.4 is 4.90 Å². The van der Waals surface area contributed by atoms with Crippen LogP contribution in [0.15, 0.2) is 42.7 Å². The van der Waals surface area contributed by atoms with E-state index in [2.05, 4.69) is 15.0 Å².